The van der Waals surface area contributed by atoms with Crippen LogP contribution in [0.2, 0.25) is 0 Å². The van der Waals surface area contributed by atoms with E-state index in [1.165, 1.54) is 10.8 Å². The summed E-state index contributed by atoms with van der Waals surface area (Å²) < 4.78 is 6.54. The molecule has 0 amide bonds. The molecule has 0 aliphatic rings. The minimum Gasteiger partial charge on any atom is -0.456 e. The Morgan fingerprint density at radius 3 is 1.59 bits per heavy atom. The lowest BCUT2D eigenvalue weighted by molar-refractivity contribution is 0.669. The summed E-state index contributed by atoms with van der Waals surface area (Å²) in [4.78, 5) is 17.0. The van der Waals surface area contributed by atoms with Crippen LogP contribution in [0.15, 0.2) is 199 Å². The molecule has 0 aliphatic heterocycles. The molecule has 0 saturated heterocycles. The van der Waals surface area contributed by atoms with E-state index in [4.69, 9.17) is 19.4 Å². The predicted octanol–water partition coefficient (Wildman–Crippen LogP) is 13.1. The van der Waals surface area contributed by atoms with Gasteiger partial charge >= 0.3 is 0 Å². The Labute approximate surface area is 312 Å². The van der Waals surface area contributed by atoms with Gasteiger partial charge in [0.15, 0.2) is 17.5 Å². The fourth-order valence-corrected chi connectivity index (χ4v) is 7.27. The number of anilines is 3. The van der Waals surface area contributed by atoms with Gasteiger partial charge in [0.05, 0.1) is 0 Å². The van der Waals surface area contributed by atoms with Crippen molar-refractivity contribution in [1.29, 1.82) is 0 Å². The topological polar surface area (TPSA) is 55.1 Å². The highest BCUT2D eigenvalue weighted by Crippen LogP contribution is 2.41. The highest BCUT2D eigenvalue weighted by Gasteiger charge is 2.18. The van der Waals surface area contributed by atoms with E-state index in [9.17, 15) is 0 Å². The zero-order valence-corrected chi connectivity index (χ0v) is 29.2. The van der Waals surface area contributed by atoms with E-state index in [-0.39, 0.29) is 0 Å². The second-order valence-electron chi connectivity index (χ2n) is 13.3. The summed E-state index contributed by atoms with van der Waals surface area (Å²) in [5.74, 6) is 1.85. The van der Waals surface area contributed by atoms with Crippen LogP contribution in [0, 0.1) is 0 Å². The van der Waals surface area contributed by atoms with Crippen molar-refractivity contribution in [3.05, 3.63) is 194 Å². The van der Waals surface area contributed by atoms with E-state index >= 15 is 0 Å². The number of benzene rings is 8. The van der Waals surface area contributed by atoms with Gasteiger partial charge in [-0.1, -0.05) is 140 Å². The van der Waals surface area contributed by atoms with Crippen LogP contribution in [0.1, 0.15) is 0 Å². The van der Waals surface area contributed by atoms with E-state index in [2.05, 4.69) is 126 Å². The molecule has 5 nitrogen and oxygen atoms in total. The summed E-state index contributed by atoms with van der Waals surface area (Å²) in [7, 11) is 0. The van der Waals surface area contributed by atoms with Gasteiger partial charge in [0.25, 0.3) is 0 Å². The fraction of sp³-hybridized carbons (Fsp3) is 0. The number of aromatic nitrogens is 3. The first-order valence-electron chi connectivity index (χ1n) is 18.0. The molecule has 0 aliphatic carbocycles. The molecule has 2 aromatic heterocycles. The SMILES string of the molecule is c1ccc(-c2nc(-c3ccccc3)nc(-c3ccc4c(c3)oc3cccc(-c5ccc(N(c6ccccc6)c6ccc7ccccc7c6)cc5)c34)n2)cc1. The van der Waals surface area contributed by atoms with Crippen molar-refractivity contribution < 1.29 is 4.42 Å². The molecular weight excluding hydrogens is 661 g/mol. The van der Waals surface area contributed by atoms with Gasteiger partial charge in [-0.25, -0.2) is 15.0 Å². The quantitative estimate of drug-likeness (QED) is 0.166. The van der Waals surface area contributed by atoms with Gasteiger partial charge in [0.1, 0.15) is 11.2 Å². The largest absolute Gasteiger partial charge is 0.456 e. The maximum absolute atomic E-state index is 6.54. The molecule has 0 spiro atoms. The number of para-hydroxylation sites is 1. The fourth-order valence-electron chi connectivity index (χ4n) is 7.27. The Bertz CT molecular complexity index is 2870. The van der Waals surface area contributed by atoms with Crippen molar-refractivity contribution in [1.82, 2.24) is 15.0 Å². The molecule has 10 rings (SSSR count). The molecular formula is C49H32N4O. The van der Waals surface area contributed by atoms with Crippen molar-refractivity contribution >= 4 is 49.8 Å². The summed E-state index contributed by atoms with van der Waals surface area (Å²) in [5.41, 5.74) is 9.85. The first-order chi connectivity index (χ1) is 26.7. The molecule has 0 saturated carbocycles. The van der Waals surface area contributed by atoms with Crippen molar-refractivity contribution in [2.75, 3.05) is 4.90 Å². The Morgan fingerprint density at radius 2 is 0.907 bits per heavy atom. The third kappa shape index (κ3) is 5.74. The minimum absolute atomic E-state index is 0.593. The predicted molar refractivity (Wildman–Crippen MR) is 221 cm³/mol. The summed E-state index contributed by atoms with van der Waals surface area (Å²) in [5, 5.41) is 4.54. The van der Waals surface area contributed by atoms with E-state index in [0.717, 1.165) is 66.8 Å². The summed E-state index contributed by atoms with van der Waals surface area (Å²) >= 11 is 0. The molecule has 0 N–H and O–H groups in total. The van der Waals surface area contributed by atoms with E-state index in [0.29, 0.717) is 17.5 Å². The van der Waals surface area contributed by atoms with Gasteiger partial charge < -0.3 is 9.32 Å². The van der Waals surface area contributed by atoms with Crippen LogP contribution in [0.5, 0.6) is 0 Å². The average molecular weight is 693 g/mol. The monoisotopic (exact) mass is 692 g/mol. The lowest BCUT2D eigenvalue weighted by atomic mass is 9.98. The Kier molecular flexibility index (Phi) is 7.73. The first-order valence-corrected chi connectivity index (χ1v) is 18.0. The van der Waals surface area contributed by atoms with Crippen LogP contribution >= 0.6 is 0 Å². The van der Waals surface area contributed by atoms with Gasteiger partial charge in [0.2, 0.25) is 0 Å². The average Bonchev–Trinajstić information content (AvgIpc) is 3.63. The standard InChI is InChI=1S/C49H32N4O/c1-4-14-35(15-5-1)47-50-48(36-16-6-2-7-17-36)52-49(51-47)38-26-30-43-45(32-38)54-44-22-12-21-42(46(43)44)34-24-27-40(28-25-34)53(39-19-8-3-9-20-39)41-29-23-33-13-10-11-18-37(33)31-41/h1-32H. The van der Waals surface area contributed by atoms with E-state index in [1.807, 2.05) is 72.8 Å². The zero-order valence-electron chi connectivity index (χ0n) is 29.2. The molecule has 0 bridgehead atoms. The van der Waals surface area contributed by atoms with Gasteiger partial charge in [-0.2, -0.15) is 0 Å². The van der Waals surface area contributed by atoms with Crippen molar-refractivity contribution in [2.24, 2.45) is 0 Å². The summed E-state index contributed by atoms with van der Waals surface area (Å²) in [6.45, 7) is 0. The smallest absolute Gasteiger partial charge is 0.164 e. The third-order valence-electron chi connectivity index (χ3n) is 9.90. The Hall–Kier alpha value is -7.37. The molecule has 54 heavy (non-hydrogen) atoms. The second kappa shape index (κ2) is 13.3. The van der Waals surface area contributed by atoms with Crippen molar-refractivity contribution in [3.8, 4) is 45.3 Å². The molecule has 10 aromatic rings. The zero-order chi connectivity index (χ0) is 35.8. The normalized spacial score (nSPS) is 11.3. The summed E-state index contributed by atoms with van der Waals surface area (Å²) in [6.07, 6.45) is 0. The van der Waals surface area contributed by atoms with Gasteiger partial charge in [-0.3, -0.25) is 0 Å². The van der Waals surface area contributed by atoms with Crippen LogP contribution in [0.3, 0.4) is 0 Å². The van der Waals surface area contributed by atoms with Crippen molar-refractivity contribution in [2.45, 2.75) is 0 Å². The molecule has 8 aromatic carbocycles. The molecule has 5 heteroatoms. The molecule has 2 heterocycles. The van der Waals surface area contributed by atoms with Crippen LogP contribution in [-0.2, 0) is 0 Å². The number of nitrogens with zero attached hydrogens (tertiary/aromatic N) is 4. The molecule has 0 atom stereocenters. The first kappa shape index (κ1) is 31.4. The van der Waals surface area contributed by atoms with Crippen molar-refractivity contribution in [3.63, 3.8) is 0 Å². The van der Waals surface area contributed by atoms with Crippen LogP contribution in [-0.4, -0.2) is 15.0 Å². The lowest BCUT2D eigenvalue weighted by Crippen LogP contribution is -2.09. The molecule has 0 unspecified atom stereocenters. The number of fused-ring (bicyclic) bond motifs is 4. The maximum atomic E-state index is 6.54. The number of hydrogen-bond acceptors (Lipinski definition) is 5. The molecule has 254 valence electrons. The third-order valence-corrected chi connectivity index (χ3v) is 9.90. The van der Waals surface area contributed by atoms with Crippen LogP contribution in [0.25, 0.3) is 78.0 Å². The highest BCUT2D eigenvalue weighted by atomic mass is 16.3. The summed E-state index contributed by atoms with van der Waals surface area (Å²) in [6, 6.07) is 67.0. The number of rotatable bonds is 7. The van der Waals surface area contributed by atoms with E-state index < -0.39 is 0 Å². The van der Waals surface area contributed by atoms with Crippen LogP contribution < -0.4 is 4.90 Å². The Morgan fingerprint density at radius 1 is 0.352 bits per heavy atom. The molecule has 0 radical (unpaired) electrons. The maximum Gasteiger partial charge on any atom is 0.164 e. The molecule has 0 fully saturated rings. The van der Waals surface area contributed by atoms with Gasteiger partial charge in [-0.15, -0.1) is 0 Å². The van der Waals surface area contributed by atoms with Crippen LogP contribution in [0.4, 0.5) is 17.1 Å². The minimum atomic E-state index is 0.593. The second-order valence-corrected chi connectivity index (χ2v) is 13.3. The van der Waals surface area contributed by atoms with Gasteiger partial charge in [0, 0.05) is 44.5 Å². The number of hydrogen-bond donors (Lipinski definition) is 0. The number of furan rings is 1. The van der Waals surface area contributed by atoms with Gasteiger partial charge in [-0.05, 0) is 76.5 Å². The lowest BCUT2D eigenvalue weighted by Gasteiger charge is -2.26. The Balaban J connectivity index is 1.04. The van der Waals surface area contributed by atoms with E-state index in [1.54, 1.807) is 0 Å². The highest BCUT2D eigenvalue weighted by molar-refractivity contribution is 6.13.